The molecule has 0 heterocycles. The highest BCUT2D eigenvalue weighted by atomic mass is 35.5. The highest BCUT2D eigenvalue weighted by molar-refractivity contribution is 6.33. The summed E-state index contributed by atoms with van der Waals surface area (Å²) in [5, 5.41) is 8.87. The Morgan fingerprint density at radius 1 is 1.67 bits per heavy atom. The molecule has 15 heavy (non-hydrogen) atoms. The van der Waals surface area contributed by atoms with Gasteiger partial charge in [-0.25, -0.2) is 9.18 Å². The van der Waals surface area contributed by atoms with Crippen molar-refractivity contribution in [1.29, 1.82) is 0 Å². The Morgan fingerprint density at radius 3 is 2.87 bits per heavy atom. The van der Waals surface area contributed by atoms with E-state index in [1.165, 1.54) is 19.1 Å². The SMILES string of the molecule is C[C@@H](O)COC(=O)c1c(F)cccc1Cl. The van der Waals surface area contributed by atoms with E-state index in [1.54, 1.807) is 0 Å². The van der Waals surface area contributed by atoms with E-state index in [1.807, 2.05) is 0 Å². The number of carbonyl (C=O) groups excluding carboxylic acids is 1. The maximum absolute atomic E-state index is 13.2. The first-order valence-electron chi connectivity index (χ1n) is 4.31. The predicted molar refractivity (Wildman–Crippen MR) is 53.4 cm³/mol. The molecule has 1 atom stereocenters. The van der Waals surface area contributed by atoms with E-state index >= 15 is 0 Å². The van der Waals surface area contributed by atoms with Gasteiger partial charge in [0, 0.05) is 0 Å². The third kappa shape index (κ3) is 3.18. The summed E-state index contributed by atoms with van der Waals surface area (Å²) in [6.07, 6.45) is -0.792. The third-order valence-electron chi connectivity index (χ3n) is 1.62. The number of ether oxygens (including phenoxy) is 1. The molecule has 0 spiro atoms. The van der Waals surface area contributed by atoms with Crippen molar-refractivity contribution in [1.82, 2.24) is 0 Å². The first-order valence-corrected chi connectivity index (χ1v) is 4.69. The standard InChI is InChI=1S/C10H10ClFO3/c1-6(13)5-15-10(14)9-7(11)3-2-4-8(9)12/h2-4,6,13H,5H2,1H3/t6-/m1/s1. The lowest BCUT2D eigenvalue weighted by Gasteiger charge is -2.08. The minimum atomic E-state index is -0.876. The van der Waals surface area contributed by atoms with Crippen LogP contribution in [0.1, 0.15) is 17.3 Å². The fourth-order valence-corrected chi connectivity index (χ4v) is 1.20. The molecule has 82 valence electrons. The number of aliphatic hydroxyl groups excluding tert-OH is 1. The molecule has 1 N–H and O–H groups in total. The lowest BCUT2D eigenvalue weighted by atomic mass is 10.2. The zero-order valence-corrected chi connectivity index (χ0v) is 8.79. The summed E-state index contributed by atoms with van der Waals surface area (Å²) in [6, 6.07) is 3.90. The molecule has 0 unspecified atom stereocenters. The van der Waals surface area contributed by atoms with Gasteiger partial charge in [-0.2, -0.15) is 0 Å². The number of carbonyl (C=O) groups is 1. The quantitative estimate of drug-likeness (QED) is 0.811. The van der Waals surface area contributed by atoms with Gasteiger partial charge in [-0.3, -0.25) is 0 Å². The van der Waals surface area contributed by atoms with Gasteiger partial charge in [0.15, 0.2) is 0 Å². The normalized spacial score (nSPS) is 12.3. The number of esters is 1. The largest absolute Gasteiger partial charge is 0.459 e. The summed E-state index contributed by atoms with van der Waals surface area (Å²) in [7, 11) is 0. The van der Waals surface area contributed by atoms with Crippen LogP contribution in [0, 0.1) is 5.82 Å². The van der Waals surface area contributed by atoms with E-state index in [4.69, 9.17) is 16.7 Å². The minimum Gasteiger partial charge on any atom is -0.459 e. The van der Waals surface area contributed by atoms with Gasteiger partial charge in [0.1, 0.15) is 18.0 Å². The van der Waals surface area contributed by atoms with Crippen LogP contribution in [0.4, 0.5) is 4.39 Å². The van der Waals surface area contributed by atoms with Crippen LogP contribution in [-0.4, -0.2) is 23.8 Å². The zero-order valence-electron chi connectivity index (χ0n) is 8.04. The Hall–Kier alpha value is -1.13. The Balaban J connectivity index is 2.82. The fourth-order valence-electron chi connectivity index (χ4n) is 0.961. The molecule has 0 aromatic heterocycles. The average molecular weight is 233 g/mol. The first kappa shape index (κ1) is 11.9. The zero-order chi connectivity index (χ0) is 11.4. The highest BCUT2D eigenvalue weighted by Crippen LogP contribution is 2.19. The Morgan fingerprint density at radius 2 is 2.33 bits per heavy atom. The Kier molecular flexibility index (Phi) is 4.05. The number of hydrogen-bond donors (Lipinski definition) is 1. The second-order valence-corrected chi connectivity index (χ2v) is 3.45. The molecule has 0 amide bonds. The smallest absolute Gasteiger partial charge is 0.342 e. The van der Waals surface area contributed by atoms with Crippen LogP contribution in [-0.2, 0) is 4.74 Å². The molecular weight excluding hydrogens is 223 g/mol. The van der Waals surface area contributed by atoms with Crippen molar-refractivity contribution in [2.24, 2.45) is 0 Å². The van der Waals surface area contributed by atoms with Gasteiger partial charge in [-0.15, -0.1) is 0 Å². The molecule has 0 saturated heterocycles. The number of hydrogen-bond acceptors (Lipinski definition) is 3. The highest BCUT2D eigenvalue weighted by Gasteiger charge is 2.17. The van der Waals surface area contributed by atoms with E-state index in [0.29, 0.717) is 0 Å². The molecule has 3 nitrogen and oxygen atoms in total. The van der Waals surface area contributed by atoms with Crippen LogP contribution in [0.5, 0.6) is 0 Å². The van der Waals surface area contributed by atoms with Gasteiger partial charge in [0.2, 0.25) is 0 Å². The van der Waals surface area contributed by atoms with Crippen molar-refractivity contribution in [3.63, 3.8) is 0 Å². The fraction of sp³-hybridized carbons (Fsp3) is 0.300. The van der Waals surface area contributed by atoms with Crippen LogP contribution >= 0.6 is 11.6 Å². The molecule has 0 bridgehead atoms. The Bertz CT molecular complexity index is 345. The lowest BCUT2D eigenvalue weighted by molar-refractivity contribution is 0.0292. The summed E-state index contributed by atoms with van der Waals surface area (Å²) in [5.41, 5.74) is -0.306. The van der Waals surface area contributed by atoms with E-state index in [9.17, 15) is 9.18 Å². The summed E-state index contributed by atoms with van der Waals surface area (Å²) in [6.45, 7) is 1.26. The molecule has 5 heteroatoms. The Labute approximate surface area is 91.4 Å². The summed E-state index contributed by atoms with van der Waals surface area (Å²) >= 11 is 5.64. The number of rotatable bonds is 3. The maximum Gasteiger partial charge on any atom is 0.342 e. The molecule has 0 aliphatic rings. The molecule has 1 rings (SSSR count). The van der Waals surface area contributed by atoms with Gasteiger partial charge < -0.3 is 9.84 Å². The van der Waals surface area contributed by atoms with Crippen LogP contribution in [0.3, 0.4) is 0 Å². The summed E-state index contributed by atoms with van der Waals surface area (Å²) in [4.78, 5) is 11.3. The second-order valence-electron chi connectivity index (χ2n) is 3.04. The predicted octanol–water partition coefficient (Wildman–Crippen LogP) is 2.02. The van der Waals surface area contributed by atoms with Crippen LogP contribution in [0.2, 0.25) is 5.02 Å². The van der Waals surface area contributed by atoms with Crippen molar-refractivity contribution in [2.45, 2.75) is 13.0 Å². The molecule has 0 aliphatic heterocycles. The van der Waals surface area contributed by atoms with Gasteiger partial charge >= 0.3 is 5.97 Å². The molecule has 0 aliphatic carbocycles. The minimum absolute atomic E-state index is 0.00871. The van der Waals surface area contributed by atoms with E-state index < -0.39 is 17.9 Å². The summed E-state index contributed by atoms with van der Waals surface area (Å²) < 4.78 is 17.8. The van der Waals surface area contributed by atoms with E-state index in [2.05, 4.69) is 4.74 Å². The van der Waals surface area contributed by atoms with Gasteiger partial charge in [-0.1, -0.05) is 17.7 Å². The number of halogens is 2. The lowest BCUT2D eigenvalue weighted by Crippen LogP contribution is -2.16. The maximum atomic E-state index is 13.2. The van der Waals surface area contributed by atoms with Crippen molar-refractivity contribution in [3.05, 3.63) is 34.6 Å². The molecule has 1 aromatic rings. The second kappa shape index (κ2) is 5.09. The average Bonchev–Trinajstić information content (AvgIpc) is 2.14. The van der Waals surface area contributed by atoms with Crippen molar-refractivity contribution < 1.29 is 19.0 Å². The molecule has 0 radical (unpaired) electrons. The van der Waals surface area contributed by atoms with Crippen molar-refractivity contribution >= 4 is 17.6 Å². The van der Waals surface area contributed by atoms with Crippen LogP contribution in [0.25, 0.3) is 0 Å². The van der Waals surface area contributed by atoms with Crippen LogP contribution in [0.15, 0.2) is 18.2 Å². The third-order valence-corrected chi connectivity index (χ3v) is 1.94. The molecule has 0 saturated carbocycles. The summed E-state index contributed by atoms with van der Waals surface area (Å²) in [5.74, 6) is -1.61. The number of aliphatic hydroxyl groups is 1. The molecule has 1 aromatic carbocycles. The van der Waals surface area contributed by atoms with Gasteiger partial charge in [-0.05, 0) is 19.1 Å². The number of benzene rings is 1. The van der Waals surface area contributed by atoms with Crippen molar-refractivity contribution in [3.8, 4) is 0 Å². The topological polar surface area (TPSA) is 46.5 Å². The monoisotopic (exact) mass is 232 g/mol. The van der Waals surface area contributed by atoms with Gasteiger partial charge in [0.05, 0.1) is 11.1 Å². The molecule has 0 fully saturated rings. The first-order chi connectivity index (χ1) is 7.02. The molecular formula is C10H10ClFO3. The van der Waals surface area contributed by atoms with E-state index in [0.717, 1.165) is 6.07 Å². The van der Waals surface area contributed by atoms with Crippen molar-refractivity contribution in [2.75, 3.05) is 6.61 Å². The van der Waals surface area contributed by atoms with Crippen LogP contribution < -0.4 is 0 Å². The van der Waals surface area contributed by atoms with E-state index in [-0.39, 0.29) is 17.2 Å². The van der Waals surface area contributed by atoms with Gasteiger partial charge in [0.25, 0.3) is 0 Å².